The molecule has 0 heterocycles. The third-order valence-electron chi connectivity index (χ3n) is 3.72. The molecule has 0 radical (unpaired) electrons. The molecule has 0 rings (SSSR count). The number of aliphatic hydroxyl groups is 2. The van der Waals surface area contributed by atoms with Gasteiger partial charge in [-0.15, -0.1) is 0 Å². The second kappa shape index (κ2) is 16.7. The van der Waals surface area contributed by atoms with Crippen LogP contribution in [0.4, 0.5) is 0 Å². The maximum Gasteiger partial charge on any atom is 0.151 e. The van der Waals surface area contributed by atoms with Gasteiger partial charge < -0.3 is 10.2 Å². The second-order valence-electron chi connectivity index (χ2n) is 5.85. The Labute approximate surface area is 126 Å². The lowest BCUT2D eigenvalue weighted by Crippen LogP contribution is -2.02. The van der Waals surface area contributed by atoms with E-state index in [9.17, 15) is 0 Å². The topological polar surface area (TPSA) is 40.5 Å². The van der Waals surface area contributed by atoms with Crippen molar-refractivity contribution in [2.24, 2.45) is 0 Å². The third-order valence-corrected chi connectivity index (χ3v) is 3.72. The van der Waals surface area contributed by atoms with E-state index in [4.69, 9.17) is 10.2 Å². The molecule has 0 unspecified atom stereocenters. The normalized spacial score (nSPS) is 11.8. The summed E-state index contributed by atoms with van der Waals surface area (Å²) >= 11 is 0. The molecule has 20 heavy (non-hydrogen) atoms. The first kappa shape index (κ1) is 19.7. The fraction of sp³-hybridized carbons (Fsp3) is 0.889. The minimum absolute atomic E-state index is 0.526. The summed E-state index contributed by atoms with van der Waals surface area (Å²) in [6.45, 7) is 2.26. The molecule has 0 atom stereocenters. The van der Waals surface area contributed by atoms with E-state index in [1.165, 1.54) is 70.6 Å². The average Bonchev–Trinajstić information content (AvgIpc) is 2.43. The fourth-order valence-electron chi connectivity index (χ4n) is 2.40. The monoisotopic (exact) mass is 284 g/mol. The van der Waals surface area contributed by atoms with Crippen LogP contribution in [-0.2, 0) is 0 Å². The number of allylic oxidation sites excluding steroid dienone is 2. The summed E-state index contributed by atoms with van der Waals surface area (Å²) in [4.78, 5) is 0. The van der Waals surface area contributed by atoms with Gasteiger partial charge in [-0.3, -0.25) is 0 Å². The first-order valence-corrected chi connectivity index (χ1v) is 8.78. The first-order chi connectivity index (χ1) is 9.77. The van der Waals surface area contributed by atoms with Gasteiger partial charge in [-0.2, -0.15) is 0 Å². The van der Waals surface area contributed by atoms with Gasteiger partial charge in [-0.1, -0.05) is 70.4 Å². The van der Waals surface area contributed by atoms with Gasteiger partial charge >= 0.3 is 0 Å². The van der Waals surface area contributed by atoms with Gasteiger partial charge in [-0.25, -0.2) is 0 Å². The molecule has 2 nitrogen and oxygen atoms in total. The fourth-order valence-corrected chi connectivity index (χ4v) is 2.40. The van der Waals surface area contributed by atoms with Crippen LogP contribution in [0.1, 0.15) is 96.8 Å². The molecule has 2 N–H and O–H groups in total. The van der Waals surface area contributed by atoms with Crippen molar-refractivity contribution in [2.45, 2.75) is 103 Å². The van der Waals surface area contributed by atoms with E-state index < -0.39 is 6.29 Å². The summed E-state index contributed by atoms with van der Waals surface area (Å²) in [5, 5.41) is 17.4. The van der Waals surface area contributed by atoms with E-state index in [-0.39, 0.29) is 0 Å². The van der Waals surface area contributed by atoms with E-state index in [2.05, 4.69) is 19.1 Å². The van der Waals surface area contributed by atoms with E-state index in [0.29, 0.717) is 6.42 Å². The van der Waals surface area contributed by atoms with Crippen LogP contribution in [-0.4, -0.2) is 16.5 Å². The molecule has 0 aliphatic heterocycles. The molecule has 0 fully saturated rings. The molecule has 120 valence electrons. The molecule has 2 heteroatoms. The largest absolute Gasteiger partial charge is 0.368 e. The molecule has 0 bridgehead atoms. The van der Waals surface area contributed by atoms with Crippen molar-refractivity contribution < 1.29 is 10.2 Å². The van der Waals surface area contributed by atoms with E-state index in [1.54, 1.807) is 0 Å². The Morgan fingerprint density at radius 3 is 1.60 bits per heavy atom. The van der Waals surface area contributed by atoms with Gasteiger partial charge in [0.25, 0.3) is 0 Å². The molecule has 0 amide bonds. The van der Waals surface area contributed by atoms with Crippen molar-refractivity contribution in [1.82, 2.24) is 0 Å². The van der Waals surface area contributed by atoms with Gasteiger partial charge in [0.05, 0.1) is 0 Å². The molecule has 0 aromatic heterocycles. The Bertz CT molecular complexity index is 200. The summed E-state index contributed by atoms with van der Waals surface area (Å²) in [5.41, 5.74) is 0. The van der Waals surface area contributed by atoms with Gasteiger partial charge in [0, 0.05) is 0 Å². The quantitative estimate of drug-likeness (QED) is 0.242. The molecule has 0 aliphatic carbocycles. The van der Waals surface area contributed by atoms with Crippen molar-refractivity contribution in [3.05, 3.63) is 12.2 Å². The highest BCUT2D eigenvalue weighted by atomic mass is 16.5. The van der Waals surface area contributed by atoms with Crippen LogP contribution in [0.5, 0.6) is 0 Å². The lowest BCUT2D eigenvalue weighted by molar-refractivity contribution is -0.0466. The number of hydrogen-bond acceptors (Lipinski definition) is 2. The molecule has 0 saturated carbocycles. The Kier molecular flexibility index (Phi) is 16.4. The maximum atomic E-state index is 8.70. The standard InChI is InChI=1S/C18H36O2/c1-2-3-4-5-6-7-8-9-10-11-12-13-14-15-16-17-18(19)20/h9-10,18-20H,2-8,11-17H2,1H3/b10-9+. The third kappa shape index (κ3) is 17.7. The SMILES string of the molecule is CCCCCCCC/C=C/CCCCCCCC(O)O. The van der Waals surface area contributed by atoms with Gasteiger partial charge in [0.2, 0.25) is 0 Å². The molecular formula is C18H36O2. The molecule has 0 aromatic carbocycles. The minimum atomic E-state index is -1.11. The van der Waals surface area contributed by atoms with Gasteiger partial charge in [-0.05, 0) is 38.5 Å². The predicted molar refractivity (Wildman–Crippen MR) is 87.7 cm³/mol. The molecule has 0 spiro atoms. The summed E-state index contributed by atoms with van der Waals surface area (Å²) < 4.78 is 0. The Balaban J connectivity index is 3.05. The van der Waals surface area contributed by atoms with Crippen LogP contribution < -0.4 is 0 Å². The summed E-state index contributed by atoms with van der Waals surface area (Å²) in [7, 11) is 0. The van der Waals surface area contributed by atoms with E-state index >= 15 is 0 Å². The van der Waals surface area contributed by atoms with Crippen LogP contribution in [0.25, 0.3) is 0 Å². The Morgan fingerprint density at radius 1 is 0.650 bits per heavy atom. The molecule has 0 aliphatic rings. The van der Waals surface area contributed by atoms with E-state index in [1.807, 2.05) is 0 Å². The highest BCUT2D eigenvalue weighted by Crippen LogP contribution is 2.10. The molecular weight excluding hydrogens is 248 g/mol. The summed E-state index contributed by atoms with van der Waals surface area (Å²) in [6, 6.07) is 0. The maximum absolute atomic E-state index is 8.70. The molecule has 0 aromatic rings. The lowest BCUT2D eigenvalue weighted by Gasteiger charge is -2.02. The Morgan fingerprint density at radius 2 is 1.10 bits per heavy atom. The minimum Gasteiger partial charge on any atom is -0.368 e. The number of aliphatic hydroxyl groups excluding tert-OH is 1. The van der Waals surface area contributed by atoms with Gasteiger partial charge in [0.1, 0.15) is 0 Å². The first-order valence-electron chi connectivity index (χ1n) is 8.78. The van der Waals surface area contributed by atoms with Crippen molar-refractivity contribution in [3.8, 4) is 0 Å². The van der Waals surface area contributed by atoms with E-state index in [0.717, 1.165) is 12.8 Å². The number of rotatable bonds is 15. The summed E-state index contributed by atoms with van der Waals surface area (Å²) in [6.07, 6.45) is 20.7. The van der Waals surface area contributed by atoms with Crippen LogP contribution >= 0.6 is 0 Å². The zero-order valence-corrected chi connectivity index (χ0v) is 13.5. The smallest absolute Gasteiger partial charge is 0.151 e. The summed E-state index contributed by atoms with van der Waals surface area (Å²) in [5.74, 6) is 0. The van der Waals surface area contributed by atoms with Crippen molar-refractivity contribution in [3.63, 3.8) is 0 Å². The van der Waals surface area contributed by atoms with Crippen molar-refractivity contribution in [1.29, 1.82) is 0 Å². The average molecular weight is 284 g/mol. The van der Waals surface area contributed by atoms with Crippen LogP contribution in [0, 0.1) is 0 Å². The van der Waals surface area contributed by atoms with Crippen LogP contribution in [0.2, 0.25) is 0 Å². The lowest BCUT2D eigenvalue weighted by atomic mass is 10.1. The van der Waals surface area contributed by atoms with Gasteiger partial charge in [0.15, 0.2) is 6.29 Å². The highest BCUT2D eigenvalue weighted by molar-refractivity contribution is 4.81. The Hall–Kier alpha value is -0.340. The van der Waals surface area contributed by atoms with Crippen LogP contribution in [0.3, 0.4) is 0 Å². The predicted octanol–water partition coefficient (Wildman–Crippen LogP) is 5.33. The van der Waals surface area contributed by atoms with Crippen molar-refractivity contribution >= 4 is 0 Å². The number of hydrogen-bond donors (Lipinski definition) is 2. The zero-order chi connectivity index (χ0) is 14.9. The van der Waals surface area contributed by atoms with Crippen molar-refractivity contribution in [2.75, 3.05) is 0 Å². The number of unbranched alkanes of at least 4 members (excludes halogenated alkanes) is 11. The highest BCUT2D eigenvalue weighted by Gasteiger charge is 1.96. The van der Waals surface area contributed by atoms with Crippen LogP contribution in [0.15, 0.2) is 12.2 Å². The second-order valence-corrected chi connectivity index (χ2v) is 5.85. The zero-order valence-electron chi connectivity index (χ0n) is 13.5. The molecule has 0 saturated heterocycles.